The minimum Gasteiger partial charge on any atom is -0.493 e. The third-order valence-corrected chi connectivity index (χ3v) is 6.42. The second kappa shape index (κ2) is 10.3. The molecule has 8 nitrogen and oxygen atoms in total. The molecule has 3 heterocycles. The van der Waals surface area contributed by atoms with Crippen LogP contribution in [0.1, 0.15) is 12.0 Å². The molecule has 0 spiro atoms. The molecule has 0 bridgehead atoms. The van der Waals surface area contributed by atoms with Crippen LogP contribution in [0, 0.1) is 0 Å². The molecule has 1 saturated heterocycles. The minimum atomic E-state index is 0.644. The highest BCUT2D eigenvalue weighted by Crippen LogP contribution is 2.34. The highest BCUT2D eigenvalue weighted by atomic mass is 16.5. The van der Waals surface area contributed by atoms with Crippen molar-refractivity contribution in [2.75, 3.05) is 58.5 Å². The second-order valence-corrected chi connectivity index (χ2v) is 8.47. The summed E-state index contributed by atoms with van der Waals surface area (Å²) in [4.78, 5) is 17.7. The third-order valence-electron chi connectivity index (χ3n) is 6.42. The number of para-hydroxylation sites is 2. The molecular weight excluding hydrogens is 430 g/mol. The first kappa shape index (κ1) is 22.4. The van der Waals surface area contributed by atoms with Crippen LogP contribution in [0.15, 0.2) is 48.8 Å². The lowest BCUT2D eigenvalue weighted by molar-refractivity contribution is 0.0376. The Bertz CT molecular complexity index is 1250. The normalized spacial score (nSPS) is 14.5. The monoisotopic (exact) mass is 461 g/mol. The van der Waals surface area contributed by atoms with Crippen LogP contribution < -0.4 is 14.4 Å². The van der Waals surface area contributed by atoms with E-state index in [4.69, 9.17) is 19.2 Å². The molecule has 0 radical (unpaired) electrons. The van der Waals surface area contributed by atoms with Gasteiger partial charge in [0.1, 0.15) is 17.4 Å². The van der Waals surface area contributed by atoms with E-state index in [1.807, 2.05) is 24.3 Å². The van der Waals surface area contributed by atoms with E-state index < -0.39 is 0 Å². The maximum absolute atomic E-state index is 5.72. The first-order chi connectivity index (χ1) is 16.8. The molecule has 1 fully saturated rings. The molecule has 34 heavy (non-hydrogen) atoms. The first-order valence-electron chi connectivity index (χ1n) is 11.7. The topological polar surface area (TPSA) is 75.7 Å². The van der Waals surface area contributed by atoms with Crippen LogP contribution in [-0.2, 0) is 11.3 Å². The molecule has 1 aliphatic rings. The summed E-state index contributed by atoms with van der Waals surface area (Å²) in [6, 6.07) is 14.3. The van der Waals surface area contributed by atoms with Crippen LogP contribution in [0.4, 0.5) is 5.82 Å². The van der Waals surface area contributed by atoms with E-state index in [9.17, 15) is 0 Å². The van der Waals surface area contributed by atoms with Gasteiger partial charge in [-0.1, -0.05) is 30.3 Å². The molecule has 4 aromatic rings. The van der Waals surface area contributed by atoms with Gasteiger partial charge in [-0.05, 0) is 18.6 Å². The fourth-order valence-electron chi connectivity index (χ4n) is 4.72. The van der Waals surface area contributed by atoms with Crippen LogP contribution in [-0.4, -0.2) is 73.5 Å². The maximum atomic E-state index is 5.72. The third kappa shape index (κ3) is 4.51. The predicted octanol–water partition coefficient (Wildman–Crippen LogP) is 3.86. The lowest BCUT2D eigenvalue weighted by Crippen LogP contribution is -2.38. The van der Waals surface area contributed by atoms with Crippen molar-refractivity contribution in [1.82, 2.24) is 19.9 Å². The summed E-state index contributed by atoms with van der Waals surface area (Å²) < 4.78 is 16.8. The summed E-state index contributed by atoms with van der Waals surface area (Å²) in [5.41, 5.74) is 4.01. The molecule has 1 aliphatic heterocycles. The Hall–Kier alpha value is -3.36. The summed E-state index contributed by atoms with van der Waals surface area (Å²) in [5.74, 6) is 2.38. The molecule has 0 saturated carbocycles. The molecule has 178 valence electrons. The van der Waals surface area contributed by atoms with Crippen LogP contribution >= 0.6 is 0 Å². The molecule has 8 heteroatoms. The zero-order chi connectivity index (χ0) is 23.3. The van der Waals surface area contributed by atoms with Crippen molar-refractivity contribution in [3.05, 3.63) is 54.4 Å². The number of aromatic nitrogens is 3. The standard InChI is InChI=1S/C26H31N5O3/c1-32-22-10-5-7-19(25(22)33-2)17-31(12-6-11-30-13-15-34-16-14-30)26-24-23(27-18-28-26)20-8-3-4-9-21(20)29-24/h3-5,7-10,18,29H,6,11-17H2,1-2H3. The lowest BCUT2D eigenvalue weighted by Gasteiger charge is -2.29. The Kier molecular flexibility index (Phi) is 6.78. The number of rotatable bonds is 9. The number of methoxy groups -OCH3 is 2. The fraction of sp³-hybridized carbons (Fsp3) is 0.385. The smallest absolute Gasteiger partial charge is 0.165 e. The van der Waals surface area contributed by atoms with Crippen molar-refractivity contribution in [2.45, 2.75) is 13.0 Å². The number of hydrogen-bond acceptors (Lipinski definition) is 7. The van der Waals surface area contributed by atoms with E-state index in [2.05, 4.69) is 38.0 Å². The van der Waals surface area contributed by atoms with Crippen molar-refractivity contribution in [2.24, 2.45) is 0 Å². The van der Waals surface area contributed by atoms with Crippen molar-refractivity contribution in [3.63, 3.8) is 0 Å². The number of aromatic amines is 1. The average Bonchev–Trinajstić information content (AvgIpc) is 3.27. The Morgan fingerprint density at radius 1 is 1.03 bits per heavy atom. The van der Waals surface area contributed by atoms with Gasteiger partial charge >= 0.3 is 0 Å². The molecule has 0 amide bonds. The van der Waals surface area contributed by atoms with Gasteiger partial charge in [-0.2, -0.15) is 0 Å². The zero-order valence-electron chi connectivity index (χ0n) is 19.8. The van der Waals surface area contributed by atoms with E-state index in [0.717, 1.165) is 90.6 Å². The van der Waals surface area contributed by atoms with Crippen molar-refractivity contribution < 1.29 is 14.2 Å². The Morgan fingerprint density at radius 3 is 2.71 bits per heavy atom. The number of benzene rings is 2. The summed E-state index contributed by atoms with van der Waals surface area (Å²) >= 11 is 0. The van der Waals surface area contributed by atoms with Crippen LogP contribution in [0.3, 0.4) is 0 Å². The number of anilines is 1. The van der Waals surface area contributed by atoms with E-state index in [1.54, 1.807) is 20.5 Å². The Balaban J connectivity index is 1.49. The highest BCUT2D eigenvalue weighted by Gasteiger charge is 2.20. The van der Waals surface area contributed by atoms with E-state index in [0.29, 0.717) is 6.54 Å². The van der Waals surface area contributed by atoms with Crippen LogP contribution in [0.25, 0.3) is 21.9 Å². The van der Waals surface area contributed by atoms with Crippen molar-refractivity contribution in [3.8, 4) is 11.5 Å². The van der Waals surface area contributed by atoms with Gasteiger partial charge in [0.25, 0.3) is 0 Å². The van der Waals surface area contributed by atoms with Gasteiger partial charge in [0, 0.05) is 49.2 Å². The van der Waals surface area contributed by atoms with Gasteiger partial charge in [0.05, 0.1) is 27.4 Å². The fourth-order valence-corrected chi connectivity index (χ4v) is 4.72. The van der Waals surface area contributed by atoms with Gasteiger partial charge in [-0.3, -0.25) is 4.90 Å². The number of ether oxygens (including phenoxy) is 3. The highest BCUT2D eigenvalue weighted by molar-refractivity contribution is 6.08. The number of fused-ring (bicyclic) bond motifs is 3. The zero-order valence-corrected chi connectivity index (χ0v) is 19.8. The van der Waals surface area contributed by atoms with Gasteiger partial charge < -0.3 is 24.1 Å². The van der Waals surface area contributed by atoms with E-state index in [1.165, 1.54) is 0 Å². The van der Waals surface area contributed by atoms with Crippen molar-refractivity contribution in [1.29, 1.82) is 0 Å². The maximum Gasteiger partial charge on any atom is 0.165 e. The largest absolute Gasteiger partial charge is 0.493 e. The van der Waals surface area contributed by atoms with Crippen LogP contribution in [0.5, 0.6) is 11.5 Å². The summed E-state index contributed by atoms with van der Waals surface area (Å²) in [7, 11) is 3.35. The number of nitrogens with one attached hydrogen (secondary N) is 1. The number of hydrogen-bond donors (Lipinski definition) is 1. The molecule has 0 atom stereocenters. The second-order valence-electron chi connectivity index (χ2n) is 8.47. The minimum absolute atomic E-state index is 0.644. The molecule has 1 N–H and O–H groups in total. The lowest BCUT2D eigenvalue weighted by atomic mass is 10.1. The number of morpholine rings is 1. The SMILES string of the molecule is COc1cccc(CN(CCCN2CCOCC2)c2ncnc3c2[nH]c2ccccc23)c1OC. The molecule has 2 aromatic carbocycles. The van der Waals surface area contributed by atoms with Gasteiger partial charge in [0.15, 0.2) is 17.3 Å². The average molecular weight is 462 g/mol. The van der Waals surface area contributed by atoms with Crippen molar-refractivity contribution >= 4 is 27.8 Å². The number of nitrogens with zero attached hydrogens (tertiary/aromatic N) is 4. The number of H-pyrrole nitrogens is 1. The quantitative estimate of drug-likeness (QED) is 0.406. The molecule has 0 unspecified atom stereocenters. The first-order valence-corrected chi connectivity index (χ1v) is 11.7. The predicted molar refractivity (Wildman–Crippen MR) is 134 cm³/mol. The Labute approximate surface area is 199 Å². The van der Waals surface area contributed by atoms with Gasteiger partial charge in [-0.15, -0.1) is 0 Å². The van der Waals surface area contributed by atoms with Gasteiger partial charge in [-0.25, -0.2) is 9.97 Å². The molecule has 2 aromatic heterocycles. The summed E-state index contributed by atoms with van der Waals surface area (Å²) in [5, 5.41) is 1.10. The molecule has 0 aliphatic carbocycles. The summed E-state index contributed by atoms with van der Waals surface area (Å²) in [6.45, 7) is 6.12. The molecule has 5 rings (SSSR count). The van der Waals surface area contributed by atoms with E-state index >= 15 is 0 Å². The summed E-state index contributed by atoms with van der Waals surface area (Å²) in [6.07, 6.45) is 2.67. The Morgan fingerprint density at radius 2 is 1.88 bits per heavy atom. The van der Waals surface area contributed by atoms with Crippen LogP contribution in [0.2, 0.25) is 0 Å². The molecular formula is C26H31N5O3. The van der Waals surface area contributed by atoms with Gasteiger partial charge in [0.2, 0.25) is 0 Å². The van der Waals surface area contributed by atoms with E-state index in [-0.39, 0.29) is 0 Å².